The molecule has 1 aromatic heterocycles. The molecule has 0 aliphatic carbocycles. The molecule has 0 aromatic carbocycles. The van der Waals surface area contributed by atoms with E-state index in [1.165, 1.54) is 0 Å². The first-order valence-electron chi connectivity index (χ1n) is 4.27. The number of nitrogens with zero attached hydrogens (tertiary/aromatic N) is 3. The molecule has 0 saturated carbocycles. The van der Waals surface area contributed by atoms with Gasteiger partial charge in [0.1, 0.15) is 10.7 Å². The molecule has 0 unspecified atom stereocenters. The van der Waals surface area contributed by atoms with Crippen LogP contribution in [0.1, 0.15) is 18.3 Å². The molecular formula is C9H11N3S. The van der Waals surface area contributed by atoms with Gasteiger partial charge in [0.25, 0.3) is 0 Å². The zero-order valence-electron chi connectivity index (χ0n) is 7.69. The summed E-state index contributed by atoms with van der Waals surface area (Å²) >= 11 is 1.76. The smallest absolute Gasteiger partial charge is 0.118 e. The molecule has 0 spiro atoms. The van der Waals surface area contributed by atoms with Gasteiger partial charge in [-0.3, -0.25) is 4.99 Å². The van der Waals surface area contributed by atoms with Crippen LogP contribution in [0.15, 0.2) is 17.1 Å². The lowest BCUT2D eigenvalue weighted by Crippen LogP contribution is -1.99. The zero-order chi connectivity index (χ0) is 9.26. The molecule has 0 fully saturated rings. The second-order valence-electron chi connectivity index (χ2n) is 3.15. The van der Waals surface area contributed by atoms with Crippen molar-refractivity contribution >= 4 is 16.8 Å². The molecule has 1 aromatic rings. The van der Waals surface area contributed by atoms with E-state index in [9.17, 15) is 0 Å². The summed E-state index contributed by atoms with van der Waals surface area (Å²) in [4.78, 5) is 4.47. The van der Waals surface area contributed by atoms with Crippen LogP contribution >= 0.6 is 11.8 Å². The third-order valence-electron chi connectivity index (χ3n) is 1.82. The SMILES string of the molecule is Cc1ccc(C2=N[C@H](C)CS2)nn1. The van der Waals surface area contributed by atoms with Gasteiger partial charge in [-0.15, -0.1) is 16.9 Å². The van der Waals surface area contributed by atoms with E-state index >= 15 is 0 Å². The third kappa shape index (κ3) is 1.88. The van der Waals surface area contributed by atoms with E-state index in [0.29, 0.717) is 6.04 Å². The van der Waals surface area contributed by atoms with E-state index in [4.69, 9.17) is 0 Å². The molecule has 4 heteroatoms. The van der Waals surface area contributed by atoms with Crippen molar-refractivity contribution in [3.8, 4) is 0 Å². The van der Waals surface area contributed by atoms with Crippen molar-refractivity contribution in [2.24, 2.45) is 4.99 Å². The normalized spacial score (nSPS) is 21.7. The maximum Gasteiger partial charge on any atom is 0.118 e. The molecule has 0 bridgehead atoms. The lowest BCUT2D eigenvalue weighted by atomic mass is 10.3. The third-order valence-corrected chi connectivity index (χ3v) is 3.05. The number of rotatable bonds is 1. The van der Waals surface area contributed by atoms with Gasteiger partial charge in [-0.25, -0.2) is 0 Å². The quantitative estimate of drug-likeness (QED) is 0.681. The fourth-order valence-electron chi connectivity index (χ4n) is 1.13. The minimum absolute atomic E-state index is 0.420. The molecule has 1 aliphatic rings. The molecule has 1 aliphatic heterocycles. The van der Waals surface area contributed by atoms with Gasteiger partial charge in [-0.1, -0.05) is 0 Å². The van der Waals surface area contributed by atoms with E-state index in [1.807, 2.05) is 19.1 Å². The highest BCUT2D eigenvalue weighted by molar-refractivity contribution is 8.14. The molecular weight excluding hydrogens is 182 g/mol. The van der Waals surface area contributed by atoms with Gasteiger partial charge in [0.05, 0.1) is 11.7 Å². The van der Waals surface area contributed by atoms with Crippen molar-refractivity contribution in [3.05, 3.63) is 23.5 Å². The first-order valence-corrected chi connectivity index (χ1v) is 5.25. The van der Waals surface area contributed by atoms with Crippen molar-refractivity contribution in [1.29, 1.82) is 0 Å². The summed E-state index contributed by atoms with van der Waals surface area (Å²) in [6.45, 7) is 4.05. The Hall–Kier alpha value is -0.900. The second kappa shape index (κ2) is 3.46. The molecule has 0 N–H and O–H groups in total. The van der Waals surface area contributed by atoms with Gasteiger partial charge >= 0.3 is 0 Å². The summed E-state index contributed by atoms with van der Waals surface area (Å²) < 4.78 is 0. The maximum atomic E-state index is 4.47. The van der Waals surface area contributed by atoms with Crippen molar-refractivity contribution in [3.63, 3.8) is 0 Å². The van der Waals surface area contributed by atoms with Gasteiger partial charge in [0.2, 0.25) is 0 Å². The van der Waals surface area contributed by atoms with Crippen molar-refractivity contribution in [1.82, 2.24) is 10.2 Å². The highest BCUT2D eigenvalue weighted by Crippen LogP contribution is 2.21. The van der Waals surface area contributed by atoms with Gasteiger partial charge < -0.3 is 0 Å². The van der Waals surface area contributed by atoms with Gasteiger partial charge in [0.15, 0.2) is 0 Å². The number of hydrogen-bond donors (Lipinski definition) is 0. The summed E-state index contributed by atoms with van der Waals surface area (Å²) in [5.41, 5.74) is 1.85. The average Bonchev–Trinajstić information content (AvgIpc) is 2.53. The molecule has 1 atom stereocenters. The topological polar surface area (TPSA) is 38.1 Å². The standard InChI is InChI=1S/C9H11N3S/c1-6-3-4-8(12-11-6)9-10-7(2)5-13-9/h3-4,7H,5H2,1-2H3/t7-/m1/s1. The number of thioether (sulfide) groups is 1. The number of hydrogen-bond acceptors (Lipinski definition) is 4. The van der Waals surface area contributed by atoms with Crippen LogP contribution in [-0.2, 0) is 0 Å². The van der Waals surface area contributed by atoms with Crippen molar-refractivity contribution < 1.29 is 0 Å². The summed E-state index contributed by atoms with van der Waals surface area (Å²) in [5, 5.41) is 9.13. The average molecular weight is 193 g/mol. The molecule has 2 heterocycles. The Morgan fingerprint density at radius 1 is 1.38 bits per heavy atom. The van der Waals surface area contributed by atoms with Crippen molar-refractivity contribution in [2.45, 2.75) is 19.9 Å². The van der Waals surface area contributed by atoms with Crippen LogP contribution in [0.25, 0.3) is 0 Å². The fraction of sp³-hybridized carbons (Fsp3) is 0.444. The van der Waals surface area contributed by atoms with Crippen LogP contribution in [-0.4, -0.2) is 27.0 Å². The van der Waals surface area contributed by atoms with E-state index in [-0.39, 0.29) is 0 Å². The van der Waals surface area contributed by atoms with Crippen LogP contribution in [0.2, 0.25) is 0 Å². The number of aromatic nitrogens is 2. The Kier molecular flexibility index (Phi) is 2.31. The summed E-state index contributed by atoms with van der Waals surface area (Å²) in [6.07, 6.45) is 0. The molecule has 0 radical (unpaired) electrons. The largest absolute Gasteiger partial charge is 0.272 e. The van der Waals surface area contributed by atoms with Gasteiger partial charge in [0, 0.05) is 5.75 Å². The minimum Gasteiger partial charge on any atom is -0.272 e. The number of aliphatic imine (C=N–C) groups is 1. The first kappa shape index (κ1) is 8.69. The molecule has 68 valence electrons. The van der Waals surface area contributed by atoms with Crippen LogP contribution in [0.4, 0.5) is 0 Å². The van der Waals surface area contributed by atoms with E-state index in [0.717, 1.165) is 22.2 Å². The Bertz CT molecular complexity index is 331. The predicted molar refractivity (Wildman–Crippen MR) is 55.2 cm³/mol. The molecule has 0 amide bonds. The second-order valence-corrected chi connectivity index (χ2v) is 4.16. The first-order chi connectivity index (χ1) is 6.25. The monoisotopic (exact) mass is 193 g/mol. The summed E-state index contributed by atoms with van der Waals surface area (Å²) in [5.74, 6) is 1.06. The van der Waals surface area contributed by atoms with E-state index in [2.05, 4.69) is 22.1 Å². The zero-order valence-corrected chi connectivity index (χ0v) is 8.51. The Morgan fingerprint density at radius 3 is 2.77 bits per heavy atom. The molecule has 3 nitrogen and oxygen atoms in total. The predicted octanol–water partition coefficient (Wildman–Crippen LogP) is 1.67. The summed E-state index contributed by atoms with van der Waals surface area (Å²) in [6, 6.07) is 4.36. The van der Waals surface area contributed by atoms with Gasteiger partial charge in [-0.2, -0.15) is 5.10 Å². The van der Waals surface area contributed by atoms with Crippen LogP contribution < -0.4 is 0 Å². The maximum absolute atomic E-state index is 4.47. The van der Waals surface area contributed by atoms with Crippen molar-refractivity contribution in [2.75, 3.05) is 5.75 Å². The Balaban J connectivity index is 2.26. The van der Waals surface area contributed by atoms with Gasteiger partial charge in [-0.05, 0) is 26.0 Å². The Labute approximate surface area is 81.7 Å². The lowest BCUT2D eigenvalue weighted by Gasteiger charge is -1.96. The van der Waals surface area contributed by atoms with E-state index < -0.39 is 0 Å². The fourth-order valence-corrected chi connectivity index (χ4v) is 2.11. The number of aryl methyl sites for hydroxylation is 1. The Morgan fingerprint density at radius 2 is 2.23 bits per heavy atom. The van der Waals surface area contributed by atoms with E-state index in [1.54, 1.807) is 11.8 Å². The molecule has 2 rings (SSSR count). The van der Waals surface area contributed by atoms with Crippen LogP contribution in [0, 0.1) is 6.92 Å². The van der Waals surface area contributed by atoms with Crippen LogP contribution in [0.3, 0.4) is 0 Å². The lowest BCUT2D eigenvalue weighted by molar-refractivity contribution is 0.863. The van der Waals surface area contributed by atoms with Crippen LogP contribution in [0.5, 0.6) is 0 Å². The highest BCUT2D eigenvalue weighted by Gasteiger charge is 2.16. The molecule has 13 heavy (non-hydrogen) atoms. The minimum atomic E-state index is 0.420. The summed E-state index contributed by atoms with van der Waals surface area (Å²) in [7, 11) is 0. The molecule has 0 saturated heterocycles. The highest BCUT2D eigenvalue weighted by atomic mass is 32.2.